The lowest BCUT2D eigenvalue weighted by atomic mass is 10.1. The number of nitrogens with zero attached hydrogens (tertiary/aromatic N) is 2. The normalized spacial score (nSPS) is 10.1. The van der Waals surface area contributed by atoms with Gasteiger partial charge in [-0.3, -0.25) is 9.78 Å². The van der Waals surface area contributed by atoms with Gasteiger partial charge in [-0.1, -0.05) is 0 Å². The van der Waals surface area contributed by atoms with Gasteiger partial charge < -0.3 is 5.73 Å². The van der Waals surface area contributed by atoms with Crippen molar-refractivity contribution in [1.82, 2.24) is 9.97 Å². The third-order valence-corrected chi connectivity index (χ3v) is 2.60. The van der Waals surface area contributed by atoms with Crippen molar-refractivity contribution in [2.45, 2.75) is 6.42 Å². The van der Waals surface area contributed by atoms with Gasteiger partial charge in [0.2, 0.25) is 0 Å². The summed E-state index contributed by atoms with van der Waals surface area (Å²) in [6.45, 7) is 0. The van der Waals surface area contributed by atoms with Crippen LogP contribution in [0.4, 0.5) is 5.69 Å². The number of rotatable bonds is 3. The Morgan fingerprint density at radius 2 is 2.40 bits per heavy atom. The van der Waals surface area contributed by atoms with Gasteiger partial charge in [-0.25, -0.2) is 4.98 Å². The zero-order chi connectivity index (χ0) is 10.7. The van der Waals surface area contributed by atoms with Gasteiger partial charge >= 0.3 is 0 Å². The first kappa shape index (κ1) is 9.79. The molecule has 2 N–H and O–H groups in total. The fourth-order valence-electron chi connectivity index (χ4n) is 1.20. The SMILES string of the molecule is Nc1ccncc1CC(=O)c1cscn1. The predicted octanol–water partition coefficient (Wildman–Crippen LogP) is 1.55. The van der Waals surface area contributed by atoms with Gasteiger partial charge in [0.1, 0.15) is 5.69 Å². The number of hydrogen-bond acceptors (Lipinski definition) is 5. The van der Waals surface area contributed by atoms with Crippen LogP contribution in [0.25, 0.3) is 0 Å². The molecule has 2 aromatic rings. The minimum atomic E-state index is -0.0315. The van der Waals surface area contributed by atoms with Crippen LogP contribution in [0.5, 0.6) is 0 Å². The summed E-state index contributed by atoms with van der Waals surface area (Å²) in [5.41, 5.74) is 9.18. The third-order valence-electron chi connectivity index (χ3n) is 2.01. The smallest absolute Gasteiger partial charge is 0.186 e. The Morgan fingerprint density at radius 3 is 3.07 bits per heavy atom. The summed E-state index contributed by atoms with van der Waals surface area (Å²) < 4.78 is 0. The molecule has 15 heavy (non-hydrogen) atoms. The van der Waals surface area contributed by atoms with Crippen molar-refractivity contribution in [3.63, 3.8) is 0 Å². The van der Waals surface area contributed by atoms with Crippen LogP contribution in [0.2, 0.25) is 0 Å². The fourth-order valence-corrected chi connectivity index (χ4v) is 1.76. The second kappa shape index (κ2) is 4.18. The number of hydrogen-bond donors (Lipinski definition) is 1. The highest BCUT2D eigenvalue weighted by Crippen LogP contribution is 2.12. The number of ketones is 1. The van der Waals surface area contributed by atoms with Gasteiger partial charge in [-0.05, 0) is 6.07 Å². The molecule has 0 amide bonds. The number of thiazole rings is 1. The lowest BCUT2D eigenvalue weighted by Gasteiger charge is -2.01. The Hall–Kier alpha value is -1.75. The maximum absolute atomic E-state index is 11.7. The van der Waals surface area contributed by atoms with E-state index in [1.54, 1.807) is 29.4 Å². The van der Waals surface area contributed by atoms with E-state index in [0.29, 0.717) is 11.4 Å². The summed E-state index contributed by atoms with van der Waals surface area (Å²) in [7, 11) is 0. The molecule has 0 aliphatic rings. The highest BCUT2D eigenvalue weighted by atomic mass is 32.1. The minimum absolute atomic E-state index is 0.0315. The van der Waals surface area contributed by atoms with Crippen molar-refractivity contribution in [2.75, 3.05) is 5.73 Å². The molecule has 0 atom stereocenters. The average molecular weight is 219 g/mol. The van der Waals surface area contributed by atoms with E-state index in [-0.39, 0.29) is 12.2 Å². The summed E-state index contributed by atoms with van der Waals surface area (Å²) in [4.78, 5) is 19.6. The first-order valence-corrected chi connectivity index (χ1v) is 5.31. The van der Waals surface area contributed by atoms with Crippen LogP contribution in [0, 0.1) is 0 Å². The molecule has 2 aromatic heterocycles. The molecule has 2 rings (SSSR count). The van der Waals surface area contributed by atoms with E-state index >= 15 is 0 Å². The molecule has 0 bridgehead atoms. The summed E-state index contributed by atoms with van der Waals surface area (Å²) in [6.07, 6.45) is 3.47. The molecule has 76 valence electrons. The molecular formula is C10H9N3OS. The van der Waals surface area contributed by atoms with E-state index in [2.05, 4.69) is 9.97 Å². The number of carbonyl (C=O) groups excluding carboxylic acids is 1. The van der Waals surface area contributed by atoms with Crippen LogP contribution in [0.1, 0.15) is 16.1 Å². The van der Waals surface area contributed by atoms with Crippen molar-refractivity contribution in [2.24, 2.45) is 0 Å². The molecule has 0 aromatic carbocycles. The molecule has 0 fully saturated rings. The lowest BCUT2D eigenvalue weighted by molar-refractivity contribution is 0.0989. The molecule has 0 saturated carbocycles. The molecule has 0 unspecified atom stereocenters. The quantitative estimate of drug-likeness (QED) is 0.795. The zero-order valence-corrected chi connectivity index (χ0v) is 8.70. The van der Waals surface area contributed by atoms with Crippen molar-refractivity contribution in [1.29, 1.82) is 0 Å². The number of Topliss-reactive ketones (excluding diaryl/α,β-unsaturated/α-hetero) is 1. The second-order valence-corrected chi connectivity index (χ2v) is 3.77. The van der Waals surface area contributed by atoms with Crippen LogP contribution >= 0.6 is 11.3 Å². The van der Waals surface area contributed by atoms with E-state index in [1.807, 2.05) is 0 Å². The molecule has 0 saturated heterocycles. The van der Waals surface area contributed by atoms with Crippen LogP contribution in [0.15, 0.2) is 29.4 Å². The van der Waals surface area contributed by atoms with E-state index in [0.717, 1.165) is 5.56 Å². The van der Waals surface area contributed by atoms with E-state index in [1.165, 1.54) is 11.3 Å². The molecule has 0 spiro atoms. The first-order chi connectivity index (χ1) is 7.27. The van der Waals surface area contributed by atoms with Gasteiger partial charge in [0.25, 0.3) is 0 Å². The molecule has 0 radical (unpaired) electrons. The molecule has 2 heterocycles. The fraction of sp³-hybridized carbons (Fsp3) is 0.100. The van der Waals surface area contributed by atoms with Crippen LogP contribution < -0.4 is 5.73 Å². The van der Waals surface area contributed by atoms with E-state index < -0.39 is 0 Å². The first-order valence-electron chi connectivity index (χ1n) is 4.37. The van der Waals surface area contributed by atoms with Gasteiger partial charge in [0.15, 0.2) is 5.78 Å². The molecular weight excluding hydrogens is 210 g/mol. The Labute approximate surface area is 90.8 Å². The standard InChI is InChI=1S/C10H9N3OS/c11-8-1-2-12-4-7(8)3-10(14)9-5-15-6-13-9/h1-2,4-6H,3H2,(H2,11,12). The molecule has 0 aliphatic carbocycles. The van der Waals surface area contributed by atoms with Gasteiger partial charge in [0.05, 0.1) is 5.51 Å². The molecule has 0 aliphatic heterocycles. The Morgan fingerprint density at radius 1 is 1.53 bits per heavy atom. The summed E-state index contributed by atoms with van der Waals surface area (Å²) in [5.74, 6) is -0.0315. The van der Waals surface area contributed by atoms with E-state index in [4.69, 9.17) is 5.73 Å². The zero-order valence-electron chi connectivity index (χ0n) is 7.88. The Kier molecular flexibility index (Phi) is 2.73. The third kappa shape index (κ3) is 2.19. The summed E-state index contributed by atoms with van der Waals surface area (Å²) in [6, 6.07) is 1.68. The Bertz CT molecular complexity index is 467. The maximum Gasteiger partial charge on any atom is 0.186 e. The minimum Gasteiger partial charge on any atom is -0.398 e. The topological polar surface area (TPSA) is 68.9 Å². The van der Waals surface area contributed by atoms with Gasteiger partial charge in [-0.2, -0.15) is 0 Å². The van der Waals surface area contributed by atoms with Crippen LogP contribution in [-0.4, -0.2) is 15.8 Å². The van der Waals surface area contributed by atoms with E-state index in [9.17, 15) is 4.79 Å². The largest absolute Gasteiger partial charge is 0.398 e. The average Bonchev–Trinajstić information content (AvgIpc) is 2.74. The number of anilines is 1. The summed E-state index contributed by atoms with van der Waals surface area (Å²) >= 11 is 1.40. The lowest BCUT2D eigenvalue weighted by Crippen LogP contribution is -2.06. The maximum atomic E-state index is 11.7. The van der Waals surface area contributed by atoms with Crippen molar-refractivity contribution in [3.05, 3.63) is 40.6 Å². The number of carbonyl (C=O) groups is 1. The van der Waals surface area contributed by atoms with Crippen molar-refractivity contribution >= 4 is 22.8 Å². The predicted molar refractivity (Wildman–Crippen MR) is 58.8 cm³/mol. The number of aromatic nitrogens is 2. The molecule has 5 heteroatoms. The second-order valence-electron chi connectivity index (χ2n) is 3.05. The van der Waals surface area contributed by atoms with Crippen molar-refractivity contribution < 1.29 is 4.79 Å². The summed E-state index contributed by atoms with van der Waals surface area (Å²) in [5, 5.41) is 1.73. The van der Waals surface area contributed by atoms with Crippen LogP contribution in [0.3, 0.4) is 0 Å². The Balaban J connectivity index is 2.17. The van der Waals surface area contributed by atoms with Crippen molar-refractivity contribution in [3.8, 4) is 0 Å². The highest BCUT2D eigenvalue weighted by molar-refractivity contribution is 7.07. The number of nitrogen functional groups attached to an aromatic ring is 1. The van der Waals surface area contributed by atoms with Gasteiger partial charge in [-0.15, -0.1) is 11.3 Å². The molecule has 4 nitrogen and oxygen atoms in total. The van der Waals surface area contributed by atoms with Gasteiger partial charge in [0, 0.05) is 35.4 Å². The number of pyridine rings is 1. The number of nitrogens with two attached hydrogens (primary N) is 1. The monoisotopic (exact) mass is 219 g/mol. The highest BCUT2D eigenvalue weighted by Gasteiger charge is 2.10. The van der Waals surface area contributed by atoms with Crippen LogP contribution in [-0.2, 0) is 6.42 Å².